The molecule has 0 bridgehead atoms. The summed E-state index contributed by atoms with van der Waals surface area (Å²) in [4.78, 5) is 12.1. The Morgan fingerprint density at radius 2 is 2.13 bits per heavy atom. The average molecular weight is 339 g/mol. The van der Waals surface area contributed by atoms with Crippen LogP contribution in [0.2, 0.25) is 0 Å². The van der Waals surface area contributed by atoms with Gasteiger partial charge in [-0.15, -0.1) is 12.4 Å². The molecule has 1 heterocycles. The lowest BCUT2D eigenvalue weighted by Crippen LogP contribution is -2.38. The van der Waals surface area contributed by atoms with Crippen LogP contribution in [0, 0.1) is 0 Å². The van der Waals surface area contributed by atoms with E-state index in [4.69, 9.17) is 4.74 Å². The van der Waals surface area contributed by atoms with Crippen molar-refractivity contribution >= 4 is 18.3 Å². The van der Waals surface area contributed by atoms with E-state index in [1.54, 1.807) is 6.92 Å². The van der Waals surface area contributed by atoms with E-state index >= 15 is 0 Å². The maximum Gasteiger partial charge on any atom is 0.261 e. The Bertz CT molecular complexity index is 544. The maximum absolute atomic E-state index is 12.1. The van der Waals surface area contributed by atoms with Crippen LogP contribution in [0.15, 0.2) is 35.9 Å². The zero-order valence-corrected chi connectivity index (χ0v) is 14.9. The highest BCUT2D eigenvalue weighted by atomic mass is 35.5. The lowest BCUT2D eigenvalue weighted by Gasteiger charge is -2.18. The van der Waals surface area contributed by atoms with Crippen LogP contribution in [-0.4, -0.2) is 31.6 Å². The molecule has 2 N–H and O–H groups in total. The maximum atomic E-state index is 12.1. The minimum Gasteiger partial charge on any atom is -0.481 e. The van der Waals surface area contributed by atoms with Crippen molar-refractivity contribution in [2.75, 3.05) is 19.6 Å². The van der Waals surface area contributed by atoms with Crippen molar-refractivity contribution in [3.8, 4) is 5.75 Å². The Kier molecular flexibility index (Phi) is 8.13. The molecule has 1 aromatic rings. The van der Waals surface area contributed by atoms with Gasteiger partial charge in [-0.25, -0.2) is 0 Å². The number of ether oxygens (including phenoxy) is 1. The molecule has 1 amide bonds. The van der Waals surface area contributed by atoms with Crippen LogP contribution in [0.25, 0.3) is 0 Å². The smallest absolute Gasteiger partial charge is 0.261 e. The van der Waals surface area contributed by atoms with Crippen LogP contribution >= 0.6 is 12.4 Å². The van der Waals surface area contributed by atoms with E-state index in [0.717, 1.165) is 25.3 Å². The average Bonchev–Trinajstić information content (AvgIpc) is 2.53. The summed E-state index contributed by atoms with van der Waals surface area (Å²) in [5.41, 5.74) is 2.49. The summed E-state index contributed by atoms with van der Waals surface area (Å²) in [6, 6.07) is 7.94. The van der Waals surface area contributed by atoms with Crippen molar-refractivity contribution in [1.29, 1.82) is 0 Å². The third-order valence-electron chi connectivity index (χ3n) is 3.85. The first-order chi connectivity index (χ1) is 10.6. The van der Waals surface area contributed by atoms with E-state index in [2.05, 4.69) is 36.6 Å². The van der Waals surface area contributed by atoms with Crippen LogP contribution in [0.3, 0.4) is 0 Å². The van der Waals surface area contributed by atoms with Crippen LogP contribution in [0.4, 0.5) is 0 Å². The predicted molar refractivity (Wildman–Crippen MR) is 96.4 cm³/mol. The fourth-order valence-electron chi connectivity index (χ4n) is 2.38. The molecular formula is C18H27ClN2O2. The molecule has 1 unspecified atom stereocenters. The van der Waals surface area contributed by atoms with Crippen LogP contribution in [0.5, 0.6) is 5.75 Å². The first-order valence-corrected chi connectivity index (χ1v) is 7.99. The van der Waals surface area contributed by atoms with Crippen LogP contribution < -0.4 is 15.4 Å². The summed E-state index contributed by atoms with van der Waals surface area (Å²) in [5, 5.41) is 6.21. The Morgan fingerprint density at radius 3 is 2.78 bits per heavy atom. The number of carbonyl (C=O) groups excluding carboxylic acids is 1. The number of amides is 1. The number of rotatable bonds is 6. The highest BCUT2D eigenvalue weighted by molar-refractivity contribution is 5.85. The van der Waals surface area contributed by atoms with E-state index in [1.807, 2.05) is 18.2 Å². The topological polar surface area (TPSA) is 50.4 Å². The highest BCUT2D eigenvalue weighted by Crippen LogP contribution is 2.21. The molecule has 23 heavy (non-hydrogen) atoms. The second-order valence-electron chi connectivity index (χ2n) is 6.02. The molecule has 1 aliphatic rings. The molecule has 4 nitrogen and oxygen atoms in total. The largest absolute Gasteiger partial charge is 0.481 e. The summed E-state index contributed by atoms with van der Waals surface area (Å²) in [6.45, 7) is 8.55. The van der Waals surface area contributed by atoms with Crippen LogP contribution in [0.1, 0.15) is 38.7 Å². The molecule has 1 atom stereocenters. The minimum atomic E-state index is -0.496. The molecule has 128 valence electrons. The Balaban J connectivity index is 0.00000264. The Morgan fingerprint density at radius 1 is 1.35 bits per heavy atom. The van der Waals surface area contributed by atoms with Crippen molar-refractivity contribution in [2.45, 2.75) is 39.2 Å². The number of carbonyl (C=O) groups is 1. The monoisotopic (exact) mass is 338 g/mol. The van der Waals surface area contributed by atoms with Gasteiger partial charge >= 0.3 is 0 Å². The summed E-state index contributed by atoms with van der Waals surface area (Å²) in [5.74, 6) is 1.11. The number of nitrogens with one attached hydrogen (secondary N) is 2. The van der Waals surface area contributed by atoms with Crippen molar-refractivity contribution in [2.24, 2.45) is 0 Å². The van der Waals surface area contributed by atoms with Gasteiger partial charge in [-0.05, 0) is 43.5 Å². The quantitative estimate of drug-likeness (QED) is 0.784. The van der Waals surface area contributed by atoms with Crippen molar-refractivity contribution in [3.05, 3.63) is 41.5 Å². The van der Waals surface area contributed by atoms with Gasteiger partial charge in [-0.1, -0.05) is 37.6 Å². The number of benzene rings is 1. The van der Waals surface area contributed by atoms with Crippen molar-refractivity contribution in [1.82, 2.24) is 10.6 Å². The number of hydrogen-bond acceptors (Lipinski definition) is 3. The fraction of sp³-hybridized carbons (Fsp3) is 0.500. The lowest BCUT2D eigenvalue weighted by molar-refractivity contribution is -0.127. The van der Waals surface area contributed by atoms with E-state index in [9.17, 15) is 4.79 Å². The zero-order valence-electron chi connectivity index (χ0n) is 14.1. The van der Waals surface area contributed by atoms with Crippen molar-refractivity contribution in [3.63, 3.8) is 0 Å². The molecular weight excluding hydrogens is 312 g/mol. The standard InChI is InChI=1S/C18H26N2O2.ClH/c1-13(2)16-5-4-6-17(11-16)22-14(3)18(21)20-12-15-7-9-19-10-8-15;/h4-7,11,13-14,19H,8-10,12H2,1-3H3,(H,20,21);1H. The van der Waals surface area contributed by atoms with Crippen molar-refractivity contribution < 1.29 is 9.53 Å². The lowest BCUT2D eigenvalue weighted by atomic mass is 10.0. The molecule has 0 saturated heterocycles. The third-order valence-corrected chi connectivity index (χ3v) is 3.85. The van der Waals surface area contributed by atoms with Gasteiger partial charge in [-0.2, -0.15) is 0 Å². The molecule has 0 spiro atoms. The van der Waals surface area contributed by atoms with Gasteiger partial charge in [0.1, 0.15) is 5.75 Å². The Hall–Kier alpha value is -1.52. The molecule has 1 aliphatic heterocycles. The third kappa shape index (κ3) is 6.24. The van der Waals surface area contributed by atoms with E-state index in [0.29, 0.717) is 12.5 Å². The summed E-state index contributed by atoms with van der Waals surface area (Å²) in [6.07, 6.45) is 2.64. The summed E-state index contributed by atoms with van der Waals surface area (Å²) in [7, 11) is 0. The predicted octanol–water partition coefficient (Wildman–Crippen LogP) is 3.04. The molecule has 0 fully saturated rings. The van der Waals surface area contributed by atoms with Gasteiger partial charge in [0.05, 0.1) is 0 Å². The molecule has 5 heteroatoms. The summed E-state index contributed by atoms with van der Waals surface area (Å²) >= 11 is 0. The second kappa shape index (κ2) is 9.58. The number of halogens is 1. The van der Waals surface area contributed by atoms with E-state index in [-0.39, 0.29) is 18.3 Å². The SMILES string of the molecule is CC(Oc1cccc(C(C)C)c1)C(=O)NCC1=CCNCC1.Cl. The Labute approximate surface area is 145 Å². The molecule has 1 aromatic carbocycles. The molecule has 0 saturated carbocycles. The van der Waals surface area contributed by atoms with Gasteiger partial charge < -0.3 is 15.4 Å². The normalized spacial score (nSPS) is 15.4. The van der Waals surface area contributed by atoms with Gasteiger partial charge in [0, 0.05) is 13.1 Å². The zero-order chi connectivity index (χ0) is 15.9. The first kappa shape index (κ1) is 19.5. The van der Waals surface area contributed by atoms with E-state index in [1.165, 1.54) is 11.1 Å². The minimum absolute atomic E-state index is 0. The molecule has 0 aromatic heterocycles. The van der Waals surface area contributed by atoms with Gasteiger partial charge in [0.25, 0.3) is 5.91 Å². The van der Waals surface area contributed by atoms with Gasteiger partial charge in [-0.3, -0.25) is 4.79 Å². The molecule has 0 radical (unpaired) electrons. The van der Waals surface area contributed by atoms with Crippen LogP contribution in [-0.2, 0) is 4.79 Å². The first-order valence-electron chi connectivity index (χ1n) is 7.99. The highest BCUT2D eigenvalue weighted by Gasteiger charge is 2.15. The number of hydrogen-bond donors (Lipinski definition) is 2. The van der Waals surface area contributed by atoms with E-state index < -0.39 is 6.10 Å². The second-order valence-corrected chi connectivity index (χ2v) is 6.02. The molecule has 2 rings (SSSR count). The summed E-state index contributed by atoms with van der Waals surface area (Å²) < 4.78 is 5.76. The molecule has 0 aliphatic carbocycles. The fourth-order valence-corrected chi connectivity index (χ4v) is 2.38. The van der Waals surface area contributed by atoms with Gasteiger partial charge in [0.2, 0.25) is 0 Å². The van der Waals surface area contributed by atoms with Gasteiger partial charge in [0.15, 0.2) is 6.10 Å².